The number of carbonyl (C=O) groups is 2. The van der Waals surface area contributed by atoms with E-state index in [1.54, 1.807) is 12.1 Å². The van der Waals surface area contributed by atoms with Gasteiger partial charge < -0.3 is 14.7 Å². The molecule has 0 spiro atoms. The lowest BCUT2D eigenvalue weighted by atomic mass is 9.90. The highest BCUT2D eigenvalue weighted by Gasteiger charge is 2.35. The Kier molecular flexibility index (Phi) is 7.43. The predicted molar refractivity (Wildman–Crippen MR) is 137 cm³/mol. The molecule has 1 amide bonds. The number of carboxylic acids is 1. The maximum atomic E-state index is 13.2. The Balaban J connectivity index is 1.43. The van der Waals surface area contributed by atoms with Crippen LogP contribution in [0.1, 0.15) is 54.5 Å². The van der Waals surface area contributed by atoms with Crippen LogP contribution in [0.3, 0.4) is 0 Å². The minimum absolute atomic E-state index is 0.0785. The van der Waals surface area contributed by atoms with Crippen molar-refractivity contribution in [2.45, 2.75) is 58.1 Å². The molecular formula is C30H32FNO4. The zero-order valence-electron chi connectivity index (χ0n) is 21.0. The van der Waals surface area contributed by atoms with Crippen molar-refractivity contribution in [3.63, 3.8) is 0 Å². The lowest BCUT2D eigenvalue weighted by Crippen LogP contribution is -2.36. The molecule has 1 atom stereocenters. The number of ether oxygens (including phenoxy) is 1. The molecule has 36 heavy (non-hydrogen) atoms. The van der Waals surface area contributed by atoms with Crippen LogP contribution in [0.5, 0.6) is 5.75 Å². The number of carboxylic acid groups (broad SMARTS) is 1. The molecular weight excluding hydrogens is 457 g/mol. The van der Waals surface area contributed by atoms with Crippen LogP contribution in [0.25, 0.3) is 0 Å². The highest BCUT2D eigenvalue weighted by atomic mass is 19.1. The van der Waals surface area contributed by atoms with Crippen LogP contribution in [0, 0.1) is 5.82 Å². The second-order valence-electron chi connectivity index (χ2n) is 10.2. The maximum absolute atomic E-state index is 13.2. The van der Waals surface area contributed by atoms with Crippen molar-refractivity contribution in [2.75, 3.05) is 6.54 Å². The van der Waals surface area contributed by atoms with E-state index in [0.717, 1.165) is 29.7 Å². The smallest absolute Gasteiger partial charge is 0.323 e. The topological polar surface area (TPSA) is 66.8 Å². The van der Waals surface area contributed by atoms with Gasteiger partial charge in [-0.15, -0.1) is 0 Å². The van der Waals surface area contributed by atoms with E-state index in [-0.39, 0.29) is 30.3 Å². The quantitative estimate of drug-likeness (QED) is 0.429. The van der Waals surface area contributed by atoms with Gasteiger partial charge in [-0.1, -0.05) is 62.4 Å². The van der Waals surface area contributed by atoms with Gasteiger partial charge >= 0.3 is 5.97 Å². The van der Waals surface area contributed by atoms with Crippen molar-refractivity contribution in [2.24, 2.45) is 0 Å². The van der Waals surface area contributed by atoms with Crippen LogP contribution in [0.15, 0.2) is 66.7 Å². The number of rotatable bonds is 9. The van der Waals surface area contributed by atoms with Crippen LogP contribution >= 0.6 is 0 Å². The summed E-state index contributed by atoms with van der Waals surface area (Å²) in [7, 11) is 0. The summed E-state index contributed by atoms with van der Waals surface area (Å²) in [6.45, 7) is 6.15. The van der Waals surface area contributed by atoms with Crippen molar-refractivity contribution < 1.29 is 23.8 Å². The van der Waals surface area contributed by atoms with Gasteiger partial charge in [0.1, 0.15) is 23.7 Å². The molecule has 1 aliphatic heterocycles. The monoisotopic (exact) mass is 489 g/mol. The Bertz CT molecular complexity index is 1240. The average molecular weight is 490 g/mol. The fourth-order valence-corrected chi connectivity index (χ4v) is 4.73. The zero-order chi connectivity index (χ0) is 25.9. The number of nitrogens with zero attached hydrogens (tertiary/aromatic N) is 1. The number of hydrogen-bond acceptors (Lipinski definition) is 3. The van der Waals surface area contributed by atoms with Gasteiger partial charge in [-0.2, -0.15) is 0 Å². The molecule has 1 unspecified atom stereocenters. The van der Waals surface area contributed by atoms with Crippen molar-refractivity contribution >= 4 is 11.9 Å². The van der Waals surface area contributed by atoms with Crippen molar-refractivity contribution in [3.05, 3.63) is 100 Å². The molecule has 188 valence electrons. The van der Waals surface area contributed by atoms with Gasteiger partial charge in [-0.25, -0.2) is 4.39 Å². The molecule has 1 N–H and O–H groups in total. The summed E-state index contributed by atoms with van der Waals surface area (Å²) in [5, 5.41) is 9.30. The Morgan fingerprint density at radius 1 is 1.00 bits per heavy atom. The van der Waals surface area contributed by atoms with E-state index in [1.165, 1.54) is 28.2 Å². The second kappa shape index (κ2) is 10.5. The van der Waals surface area contributed by atoms with Crippen LogP contribution in [0.2, 0.25) is 0 Å². The van der Waals surface area contributed by atoms with Gasteiger partial charge in [0.05, 0.1) is 6.42 Å². The molecule has 1 aliphatic rings. The second-order valence-corrected chi connectivity index (χ2v) is 10.2. The predicted octanol–water partition coefficient (Wildman–Crippen LogP) is 5.54. The Hall–Kier alpha value is -3.67. The number of benzene rings is 3. The highest BCUT2D eigenvalue weighted by Crippen LogP contribution is 2.37. The van der Waals surface area contributed by atoms with Crippen LogP contribution in [-0.2, 0) is 35.4 Å². The normalized spacial score (nSPS) is 16.5. The fraction of sp³-hybridized carbons (Fsp3) is 0.333. The summed E-state index contributed by atoms with van der Waals surface area (Å²) in [4.78, 5) is 25.7. The molecule has 0 aliphatic carbocycles. The first-order valence-electron chi connectivity index (χ1n) is 12.2. The van der Waals surface area contributed by atoms with E-state index in [4.69, 9.17) is 4.74 Å². The minimum Gasteiger partial charge on any atom is -0.487 e. The third kappa shape index (κ3) is 6.30. The highest BCUT2D eigenvalue weighted by molar-refractivity contribution is 5.83. The summed E-state index contributed by atoms with van der Waals surface area (Å²) < 4.78 is 19.5. The summed E-state index contributed by atoms with van der Waals surface area (Å²) in [6, 6.07) is 20.1. The molecule has 0 aromatic heterocycles. The number of aliphatic carboxylic acids is 1. The minimum atomic E-state index is -1.09. The molecule has 1 heterocycles. The standard InChI is InChI=1S/C30H32FNO4/c1-20(2)24-9-4-21(5-10-24)16-30(3)17-25-14-23(8-13-27(25)36-30)15-28(33)32(19-29(34)35)18-22-6-11-26(31)12-7-22/h4-14,20H,15-19H2,1-3H3,(H,34,35). The van der Waals surface area contributed by atoms with Crippen molar-refractivity contribution in [1.29, 1.82) is 0 Å². The molecule has 3 aromatic carbocycles. The SMILES string of the molecule is CC(C)c1ccc(CC2(C)Cc3cc(CC(=O)N(CC(=O)O)Cc4ccc(F)cc4)ccc3O2)cc1. The number of fused-ring (bicyclic) bond motifs is 1. The zero-order valence-corrected chi connectivity index (χ0v) is 21.0. The first kappa shape index (κ1) is 25.4. The van der Waals surface area contributed by atoms with E-state index >= 15 is 0 Å². The summed E-state index contributed by atoms with van der Waals surface area (Å²) >= 11 is 0. The van der Waals surface area contributed by atoms with Gasteiger partial charge in [-0.3, -0.25) is 9.59 Å². The van der Waals surface area contributed by atoms with Gasteiger partial charge in [0.2, 0.25) is 5.91 Å². The Labute approximate surface area is 211 Å². The lowest BCUT2D eigenvalue weighted by molar-refractivity contribution is -0.144. The van der Waals surface area contributed by atoms with Crippen molar-refractivity contribution in [1.82, 2.24) is 4.90 Å². The molecule has 3 aromatic rings. The number of carbonyl (C=O) groups excluding carboxylic acids is 1. The largest absolute Gasteiger partial charge is 0.487 e. The fourth-order valence-electron chi connectivity index (χ4n) is 4.73. The third-order valence-electron chi connectivity index (χ3n) is 6.59. The van der Waals surface area contributed by atoms with Crippen LogP contribution in [0.4, 0.5) is 4.39 Å². The average Bonchev–Trinajstić information content (AvgIpc) is 3.15. The number of hydrogen-bond donors (Lipinski definition) is 1. The molecule has 5 nitrogen and oxygen atoms in total. The van der Waals surface area contributed by atoms with E-state index < -0.39 is 12.5 Å². The first-order valence-corrected chi connectivity index (χ1v) is 12.2. The molecule has 0 bridgehead atoms. The lowest BCUT2D eigenvalue weighted by Gasteiger charge is -2.24. The van der Waals surface area contributed by atoms with E-state index in [0.29, 0.717) is 11.5 Å². The van der Waals surface area contributed by atoms with Crippen LogP contribution < -0.4 is 4.74 Å². The summed E-state index contributed by atoms with van der Waals surface area (Å²) in [6.07, 6.45) is 1.58. The van der Waals surface area contributed by atoms with Gasteiger partial charge in [0.25, 0.3) is 0 Å². The Morgan fingerprint density at radius 3 is 2.28 bits per heavy atom. The summed E-state index contributed by atoms with van der Waals surface area (Å²) in [5.41, 5.74) is 4.68. The molecule has 4 rings (SSSR count). The van der Waals surface area contributed by atoms with Crippen molar-refractivity contribution in [3.8, 4) is 5.75 Å². The van der Waals surface area contributed by atoms with E-state index in [2.05, 4.69) is 45.0 Å². The number of amides is 1. The maximum Gasteiger partial charge on any atom is 0.323 e. The molecule has 0 radical (unpaired) electrons. The van der Waals surface area contributed by atoms with Gasteiger partial charge in [0, 0.05) is 19.4 Å². The van der Waals surface area contributed by atoms with Gasteiger partial charge in [0.15, 0.2) is 0 Å². The van der Waals surface area contributed by atoms with Gasteiger partial charge in [-0.05, 0) is 58.9 Å². The van der Waals surface area contributed by atoms with Crippen LogP contribution in [-0.4, -0.2) is 34.0 Å². The molecule has 0 saturated heterocycles. The van der Waals surface area contributed by atoms with E-state index in [9.17, 15) is 19.1 Å². The number of halogens is 1. The Morgan fingerprint density at radius 2 is 1.64 bits per heavy atom. The molecule has 0 fully saturated rings. The third-order valence-corrected chi connectivity index (χ3v) is 6.59. The molecule has 0 saturated carbocycles. The summed E-state index contributed by atoms with van der Waals surface area (Å²) in [5.74, 6) is -0.459. The molecule has 6 heteroatoms. The van der Waals surface area contributed by atoms with E-state index in [1.807, 2.05) is 18.2 Å². The first-order chi connectivity index (χ1) is 17.1.